The van der Waals surface area contributed by atoms with Gasteiger partial charge in [-0.25, -0.2) is 4.39 Å². The summed E-state index contributed by atoms with van der Waals surface area (Å²) < 4.78 is 12.8. The van der Waals surface area contributed by atoms with Gasteiger partial charge in [-0.3, -0.25) is 4.79 Å². The molecule has 0 unspecified atom stereocenters. The number of para-hydroxylation sites is 1. The molecule has 0 saturated heterocycles. The lowest BCUT2D eigenvalue weighted by molar-refractivity contribution is -0.117. The molecule has 98 valence electrons. The molecule has 0 aliphatic rings. The molecule has 0 atom stereocenters. The van der Waals surface area contributed by atoms with Crippen LogP contribution in [0.25, 0.3) is 0 Å². The zero-order valence-corrected chi connectivity index (χ0v) is 10.8. The topological polar surface area (TPSA) is 20.3 Å². The summed E-state index contributed by atoms with van der Waals surface area (Å²) in [4.78, 5) is 13.9. The fraction of sp³-hybridized carbons (Fsp3) is 0.188. The van der Waals surface area contributed by atoms with Crippen molar-refractivity contribution in [2.45, 2.75) is 6.42 Å². The van der Waals surface area contributed by atoms with Gasteiger partial charge in [-0.2, -0.15) is 0 Å². The van der Waals surface area contributed by atoms with E-state index < -0.39 is 0 Å². The summed E-state index contributed by atoms with van der Waals surface area (Å²) in [5.74, 6) is -0.171. The van der Waals surface area contributed by atoms with Gasteiger partial charge in [0.25, 0.3) is 0 Å². The third-order valence-corrected chi connectivity index (χ3v) is 2.93. The van der Waals surface area contributed by atoms with Gasteiger partial charge in [0.05, 0.1) is 6.54 Å². The molecule has 0 amide bonds. The van der Waals surface area contributed by atoms with E-state index in [1.54, 1.807) is 12.1 Å². The first-order valence-electron chi connectivity index (χ1n) is 6.17. The lowest BCUT2D eigenvalue weighted by Gasteiger charge is -2.18. The van der Waals surface area contributed by atoms with E-state index in [0.717, 1.165) is 11.3 Å². The number of carbonyl (C=O) groups is 1. The van der Waals surface area contributed by atoms with Gasteiger partial charge in [0.15, 0.2) is 5.78 Å². The number of likely N-dealkylation sites (N-methyl/N-ethyl adjacent to an activating group) is 1. The molecular formula is C16H16FNO. The highest BCUT2D eigenvalue weighted by Gasteiger charge is 2.08. The zero-order valence-electron chi connectivity index (χ0n) is 10.8. The van der Waals surface area contributed by atoms with E-state index in [9.17, 15) is 9.18 Å². The van der Waals surface area contributed by atoms with E-state index in [4.69, 9.17) is 0 Å². The van der Waals surface area contributed by atoms with Crippen molar-refractivity contribution in [1.82, 2.24) is 0 Å². The van der Waals surface area contributed by atoms with Crippen LogP contribution in [-0.2, 0) is 11.2 Å². The molecule has 2 aromatic carbocycles. The van der Waals surface area contributed by atoms with Gasteiger partial charge in [0.2, 0.25) is 0 Å². The second kappa shape index (κ2) is 6.14. The predicted molar refractivity (Wildman–Crippen MR) is 74.8 cm³/mol. The van der Waals surface area contributed by atoms with E-state index in [0.29, 0.717) is 13.0 Å². The number of benzene rings is 2. The largest absolute Gasteiger partial charge is 0.367 e. The number of anilines is 1. The molecule has 0 saturated carbocycles. The summed E-state index contributed by atoms with van der Waals surface area (Å²) in [7, 11) is 1.89. The Hall–Kier alpha value is -2.16. The van der Waals surface area contributed by atoms with Gasteiger partial charge in [-0.15, -0.1) is 0 Å². The monoisotopic (exact) mass is 257 g/mol. The van der Waals surface area contributed by atoms with Crippen molar-refractivity contribution in [3.8, 4) is 0 Å². The zero-order chi connectivity index (χ0) is 13.7. The molecule has 0 radical (unpaired) electrons. The van der Waals surface area contributed by atoms with Crippen molar-refractivity contribution in [3.63, 3.8) is 0 Å². The Morgan fingerprint density at radius 1 is 1.05 bits per heavy atom. The molecule has 0 heterocycles. The molecule has 0 N–H and O–H groups in total. The van der Waals surface area contributed by atoms with Gasteiger partial charge < -0.3 is 4.90 Å². The van der Waals surface area contributed by atoms with Gasteiger partial charge in [0, 0.05) is 19.2 Å². The highest BCUT2D eigenvalue weighted by molar-refractivity contribution is 5.85. The van der Waals surface area contributed by atoms with Crippen LogP contribution in [0.4, 0.5) is 10.1 Å². The number of rotatable bonds is 5. The molecule has 2 aromatic rings. The predicted octanol–water partition coefficient (Wildman–Crippen LogP) is 3.07. The van der Waals surface area contributed by atoms with Crippen LogP contribution in [0.2, 0.25) is 0 Å². The maximum Gasteiger partial charge on any atom is 0.156 e. The van der Waals surface area contributed by atoms with Crippen LogP contribution in [0.3, 0.4) is 0 Å². The first-order chi connectivity index (χ1) is 9.15. The van der Waals surface area contributed by atoms with Crippen molar-refractivity contribution in [2.24, 2.45) is 0 Å². The average molecular weight is 257 g/mol. The number of hydrogen-bond acceptors (Lipinski definition) is 2. The molecule has 0 spiro atoms. The molecule has 2 rings (SSSR count). The minimum Gasteiger partial charge on any atom is -0.367 e. The van der Waals surface area contributed by atoms with E-state index in [1.165, 1.54) is 12.1 Å². The minimum absolute atomic E-state index is 0.109. The number of carbonyl (C=O) groups excluding carboxylic acids is 1. The second-order valence-corrected chi connectivity index (χ2v) is 4.53. The molecular weight excluding hydrogens is 241 g/mol. The third-order valence-electron chi connectivity index (χ3n) is 2.93. The Morgan fingerprint density at radius 3 is 2.32 bits per heavy atom. The number of halogens is 1. The summed E-state index contributed by atoms with van der Waals surface area (Å²) in [5, 5.41) is 0. The van der Waals surface area contributed by atoms with Gasteiger partial charge in [-0.05, 0) is 29.8 Å². The lowest BCUT2D eigenvalue weighted by atomic mass is 10.1. The first-order valence-corrected chi connectivity index (χ1v) is 6.17. The molecule has 0 aliphatic carbocycles. The Kier molecular flexibility index (Phi) is 4.29. The summed E-state index contributed by atoms with van der Waals surface area (Å²) in [6, 6.07) is 15.8. The molecule has 2 nitrogen and oxygen atoms in total. The van der Waals surface area contributed by atoms with Gasteiger partial charge in [0.1, 0.15) is 5.82 Å². The van der Waals surface area contributed by atoms with E-state index in [1.807, 2.05) is 42.3 Å². The smallest absolute Gasteiger partial charge is 0.156 e. The Morgan fingerprint density at radius 2 is 1.68 bits per heavy atom. The molecule has 0 aromatic heterocycles. The third kappa shape index (κ3) is 3.91. The fourth-order valence-corrected chi connectivity index (χ4v) is 1.92. The molecule has 19 heavy (non-hydrogen) atoms. The molecule has 3 heteroatoms. The van der Waals surface area contributed by atoms with Crippen molar-refractivity contribution >= 4 is 11.5 Å². The number of Topliss-reactive ketones (excluding diaryl/α,β-unsaturated/α-hetero) is 1. The summed E-state index contributed by atoms with van der Waals surface area (Å²) in [6.45, 7) is 0.349. The fourth-order valence-electron chi connectivity index (χ4n) is 1.92. The summed E-state index contributed by atoms with van der Waals surface area (Å²) >= 11 is 0. The van der Waals surface area contributed by atoms with Gasteiger partial charge in [-0.1, -0.05) is 30.3 Å². The normalized spacial score (nSPS) is 10.2. The number of hydrogen-bond donors (Lipinski definition) is 0. The van der Waals surface area contributed by atoms with Crippen molar-refractivity contribution in [3.05, 3.63) is 66.0 Å². The SMILES string of the molecule is CN(CC(=O)Cc1ccc(F)cc1)c1ccccc1. The Bertz CT molecular complexity index is 536. The maximum absolute atomic E-state index is 12.8. The minimum atomic E-state index is -0.280. The average Bonchev–Trinajstić information content (AvgIpc) is 2.42. The van der Waals surface area contributed by atoms with Crippen molar-refractivity contribution in [2.75, 3.05) is 18.5 Å². The van der Waals surface area contributed by atoms with Crippen molar-refractivity contribution < 1.29 is 9.18 Å². The van der Waals surface area contributed by atoms with Crippen LogP contribution in [0.15, 0.2) is 54.6 Å². The summed E-state index contributed by atoms with van der Waals surface area (Å²) in [5.41, 5.74) is 1.85. The standard InChI is InChI=1S/C16H16FNO/c1-18(15-5-3-2-4-6-15)12-16(19)11-13-7-9-14(17)10-8-13/h2-10H,11-12H2,1H3. The van der Waals surface area contributed by atoms with Crippen LogP contribution in [0.1, 0.15) is 5.56 Å². The number of nitrogens with zero attached hydrogens (tertiary/aromatic N) is 1. The second-order valence-electron chi connectivity index (χ2n) is 4.53. The van der Waals surface area contributed by atoms with Crippen LogP contribution >= 0.6 is 0 Å². The van der Waals surface area contributed by atoms with Gasteiger partial charge >= 0.3 is 0 Å². The van der Waals surface area contributed by atoms with Crippen LogP contribution in [0, 0.1) is 5.82 Å². The highest BCUT2D eigenvalue weighted by Crippen LogP contribution is 2.11. The van der Waals surface area contributed by atoms with Crippen LogP contribution in [0.5, 0.6) is 0 Å². The maximum atomic E-state index is 12.8. The van der Waals surface area contributed by atoms with E-state index in [2.05, 4.69) is 0 Å². The molecule has 0 bridgehead atoms. The Labute approximate surface area is 112 Å². The van der Waals surface area contributed by atoms with Crippen molar-refractivity contribution in [1.29, 1.82) is 0 Å². The molecule has 0 fully saturated rings. The quantitative estimate of drug-likeness (QED) is 0.820. The van der Waals surface area contributed by atoms with E-state index >= 15 is 0 Å². The first kappa shape index (κ1) is 13.3. The van der Waals surface area contributed by atoms with E-state index in [-0.39, 0.29) is 11.6 Å². The molecule has 0 aliphatic heterocycles. The highest BCUT2D eigenvalue weighted by atomic mass is 19.1. The van der Waals surface area contributed by atoms with Crippen LogP contribution in [-0.4, -0.2) is 19.4 Å². The Balaban J connectivity index is 1.93. The van der Waals surface area contributed by atoms with Crippen LogP contribution < -0.4 is 4.90 Å². The lowest BCUT2D eigenvalue weighted by Crippen LogP contribution is -2.26. The summed E-state index contributed by atoms with van der Waals surface area (Å²) in [6.07, 6.45) is 0.331. The number of ketones is 1.